The highest BCUT2D eigenvalue weighted by molar-refractivity contribution is 6.30. The van der Waals surface area contributed by atoms with Crippen LogP contribution in [0, 0.1) is 11.3 Å². The van der Waals surface area contributed by atoms with Crippen LogP contribution >= 0.6 is 11.6 Å². The highest BCUT2D eigenvalue weighted by atomic mass is 35.5. The predicted octanol–water partition coefficient (Wildman–Crippen LogP) is 2.60. The van der Waals surface area contributed by atoms with Crippen LogP contribution in [0.25, 0.3) is 0 Å². The van der Waals surface area contributed by atoms with E-state index < -0.39 is 30.1 Å². The largest absolute Gasteiger partial charge is 0.479 e. The van der Waals surface area contributed by atoms with E-state index in [1.807, 2.05) is 0 Å². The molecule has 128 valence electrons. The van der Waals surface area contributed by atoms with Gasteiger partial charge < -0.3 is 14.8 Å². The minimum atomic E-state index is -0.865. The van der Waals surface area contributed by atoms with Crippen LogP contribution in [0.1, 0.15) is 32.6 Å². The molecule has 1 fully saturated rings. The van der Waals surface area contributed by atoms with Crippen LogP contribution in [-0.4, -0.2) is 30.1 Å². The lowest BCUT2D eigenvalue weighted by Crippen LogP contribution is -2.47. The maximum Gasteiger partial charge on any atom is 0.347 e. The van der Waals surface area contributed by atoms with Crippen molar-refractivity contribution in [3.63, 3.8) is 0 Å². The van der Waals surface area contributed by atoms with Crippen LogP contribution in [0.15, 0.2) is 24.3 Å². The van der Waals surface area contributed by atoms with Crippen molar-refractivity contribution in [1.82, 2.24) is 5.32 Å². The van der Waals surface area contributed by atoms with Gasteiger partial charge >= 0.3 is 5.97 Å². The van der Waals surface area contributed by atoms with E-state index >= 15 is 0 Å². The Balaban J connectivity index is 1.78. The lowest BCUT2D eigenvalue weighted by molar-refractivity contribution is -0.155. The van der Waals surface area contributed by atoms with Crippen LogP contribution in [-0.2, 0) is 14.3 Å². The molecule has 1 amide bonds. The third kappa shape index (κ3) is 4.87. The van der Waals surface area contributed by atoms with Crippen molar-refractivity contribution >= 4 is 23.5 Å². The molecule has 0 unspecified atom stereocenters. The quantitative estimate of drug-likeness (QED) is 0.796. The molecule has 1 N–H and O–H groups in total. The molecule has 0 bridgehead atoms. The van der Waals surface area contributed by atoms with Gasteiger partial charge in [-0.25, -0.2) is 4.79 Å². The Morgan fingerprint density at radius 1 is 1.33 bits per heavy atom. The molecule has 1 aliphatic carbocycles. The Hall–Kier alpha value is -2.26. The second kappa shape index (κ2) is 8.02. The molecule has 1 aromatic rings. The number of benzene rings is 1. The molecule has 2 rings (SSSR count). The number of carbonyl (C=O) groups excluding carboxylic acids is 2. The van der Waals surface area contributed by atoms with E-state index in [9.17, 15) is 14.9 Å². The number of nitrogens with zero attached hydrogens (tertiary/aromatic N) is 1. The molecule has 0 aromatic heterocycles. The molecule has 1 aromatic carbocycles. The molecule has 0 aliphatic heterocycles. The second-order valence-corrected chi connectivity index (χ2v) is 6.21. The first kappa shape index (κ1) is 18.1. The van der Waals surface area contributed by atoms with E-state index in [2.05, 4.69) is 11.4 Å². The van der Waals surface area contributed by atoms with Gasteiger partial charge in [0.2, 0.25) is 0 Å². The number of nitriles is 1. The van der Waals surface area contributed by atoms with Gasteiger partial charge in [0.1, 0.15) is 11.3 Å². The zero-order valence-electron chi connectivity index (χ0n) is 13.4. The van der Waals surface area contributed by atoms with Crippen LogP contribution in [0.5, 0.6) is 5.75 Å². The van der Waals surface area contributed by atoms with Crippen molar-refractivity contribution in [3.05, 3.63) is 29.3 Å². The number of ether oxygens (including phenoxy) is 2. The number of halogens is 1. The Bertz CT molecular complexity index is 633. The fraction of sp³-hybridized carbons (Fsp3) is 0.471. The first-order valence-electron chi connectivity index (χ1n) is 7.75. The Labute approximate surface area is 145 Å². The standard InChI is InChI=1S/C17H19ClN2O4/c1-12(24-14-6-4-13(18)5-7-14)16(22)23-10-15(21)20-17(11-19)8-2-3-9-17/h4-7,12H,2-3,8-10H2,1H3,(H,20,21)/t12-/m0/s1. The summed E-state index contributed by atoms with van der Waals surface area (Å²) in [4.78, 5) is 23.8. The minimum absolute atomic E-state index is 0.434. The van der Waals surface area contributed by atoms with E-state index in [0.29, 0.717) is 23.6 Å². The Kier molecular flexibility index (Phi) is 6.04. The lowest BCUT2D eigenvalue weighted by atomic mass is 10.00. The number of rotatable bonds is 6. The topological polar surface area (TPSA) is 88.4 Å². The zero-order valence-corrected chi connectivity index (χ0v) is 14.1. The number of esters is 1. The SMILES string of the molecule is C[C@H](Oc1ccc(Cl)cc1)C(=O)OCC(=O)NC1(C#N)CCCC1. The molecular formula is C17H19ClN2O4. The third-order valence-electron chi connectivity index (χ3n) is 3.85. The number of hydrogen-bond acceptors (Lipinski definition) is 5. The average molecular weight is 351 g/mol. The van der Waals surface area contributed by atoms with Crippen LogP contribution in [0.2, 0.25) is 5.02 Å². The molecule has 0 heterocycles. The van der Waals surface area contributed by atoms with Gasteiger partial charge in [-0.15, -0.1) is 0 Å². The van der Waals surface area contributed by atoms with E-state index in [0.717, 1.165) is 12.8 Å². The minimum Gasteiger partial charge on any atom is -0.479 e. The summed E-state index contributed by atoms with van der Waals surface area (Å²) in [5.74, 6) is -0.661. The lowest BCUT2D eigenvalue weighted by Gasteiger charge is -2.22. The smallest absolute Gasteiger partial charge is 0.347 e. The summed E-state index contributed by atoms with van der Waals surface area (Å²) in [6.07, 6.45) is 2.19. The summed E-state index contributed by atoms with van der Waals surface area (Å²) >= 11 is 5.77. The van der Waals surface area contributed by atoms with Gasteiger partial charge in [-0.3, -0.25) is 4.79 Å². The molecule has 24 heavy (non-hydrogen) atoms. The number of nitrogens with one attached hydrogen (secondary N) is 1. The van der Waals surface area contributed by atoms with Gasteiger partial charge in [-0.2, -0.15) is 5.26 Å². The maximum atomic E-state index is 11.9. The maximum absolute atomic E-state index is 11.9. The molecule has 0 saturated heterocycles. The highest BCUT2D eigenvalue weighted by Gasteiger charge is 2.35. The van der Waals surface area contributed by atoms with Gasteiger partial charge in [0.25, 0.3) is 5.91 Å². The highest BCUT2D eigenvalue weighted by Crippen LogP contribution is 2.28. The van der Waals surface area contributed by atoms with Crippen LogP contribution in [0.4, 0.5) is 0 Å². The molecular weight excluding hydrogens is 332 g/mol. The fourth-order valence-electron chi connectivity index (χ4n) is 2.57. The first-order chi connectivity index (χ1) is 11.4. The molecule has 0 spiro atoms. The molecule has 1 aliphatic rings. The van der Waals surface area contributed by atoms with Crippen molar-refractivity contribution in [2.75, 3.05) is 6.61 Å². The molecule has 1 atom stereocenters. The van der Waals surface area contributed by atoms with Crippen LogP contribution < -0.4 is 10.1 Å². The number of hydrogen-bond donors (Lipinski definition) is 1. The van der Waals surface area contributed by atoms with Crippen molar-refractivity contribution in [2.45, 2.75) is 44.2 Å². The molecule has 0 radical (unpaired) electrons. The van der Waals surface area contributed by atoms with Crippen molar-refractivity contribution in [1.29, 1.82) is 5.26 Å². The second-order valence-electron chi connectivity index (χ2n) is 5.77. The summed E-state index contributed by atoms with van der Waals surface area (Å²) in [5, 5.41) is 12.4. The predicted molar refractivity (Wildman–Crippen MR) is 87.5 cm³/mol. The number of carbonyl (C=O) groups is 2. The first-order valence-corrected chi connectivity index (χ1v) is 8.13. The zero-order chi connectivity index (χ0) is 17.6. The van der Waals surface area contributed by atoms with Gasteiger partial charge in [0.15, 0.2) is 12.7 Å². The average Bonchev–Trinajstić information content (AvgIpc) is 3.03. The van der Waals surface area contributed by atoms with Gasteiger partial charge in [-0.05, 0) is 56.9 Å². The third-order valence-corrected chi connectivity index (χ3v) is 4.11. The van der Waals surface area contributed by atoms with Crippen molar-refractivity contribution < 1.29 is 19.1 Å². The Morgan fingerprint density at radius 2 is 1.96 bits per heavy atom. The summed E-state index contributed by atoms with van der Waals surface area (Å²) in [6.45, 7) is 1.10. The summed E-state index contributed by atoms with van der Waals surface area (Å²) in [6, 6.07) is 8.71. The number of amides is 1. The fourth-order valence-corrected chi connectivity index (χ4v) is 2.69. The molecule has 6 nitrogen and oxygen atoms in total. The van der Waals surface area contributed by atoms with Gasteiger partial charge in [0, 0.05) is 5.02 Å². The van der Waals surface area contributed by atoms with Crippen molar-refractivity contribution in [2.24, 2.45) is 0 Å². The monoisotopic (exact) mass is 350 g/mol. The van der Waals surface area contributed by atoms with Gasteiger partial charge in [0.05, 0.1) is 6.07 Å². The van der Waals surface area contributed by atoms with Crippen molar-refractivity contribution in [3.8, 4) is 11.8 Å². The van der Waals surface area contributed by atoms with E-state index in [1.165, 1.54) is 6.92 Å². The van der Waals surface area contributed by atoms with Gasteiger partial charge in [-0.1, -0.05) is 11.6 Å². The normalized spacial score (nSPS) is 16.7. The summed E-state index contributed by atoms with van der Waals surface area (Å²) in [5.41, 5.74) is -0.824. The van der Waals surface area contributed by atoms with E-state index in [-0.39, 0.29) is 0 Å². The molecule has 1 saturated carbocycles. The Morgan fingerprint density at radius 3 is 2.54 bits per heavy atom. The van der Waals surface area contributed by atoms with E-state index in [1.54, 1.807) is 24.3 Å². The van der Waals surface area contributed by atoms with E-state index in [4.69, 9.17) is 21.1 Å². The summed E-state index contributed by atoms with van der Waals surface area (Å²) in [7, 11) is 0. The van der Waals surface area contributed by atoms with Crippen LogP contribution in [0.3, 0.4) is 0 Å². The molecule has 7 heteroatoms. The summed E-state index contributed by atoms with van der Waals surface area (Å²) < 4.78 is 10.4.